The van der Waals surface area contributed by atoms with E-state index in [0.29, 0.717) is 25.2 Å². The molecular formula is C11H16N4O3. The number of carboxylic acid groups (broad SMARTS) is 1. The minimum absolute atomic E-state index is 0.101. The fourth-order valence-electron chi connectivity index (χ4n) is 2.02. The van der Waals surface area contributed by atoms with Gasteiger partial charge >= 0.3 is 5.97 Å². The van der Waals surface area contributed by atoms with Crippen LogP contribution in [0.25, 0.3) is 0 Å². The number of ketones is 1. The molecule has 0 aliphatic carbocycles. The quantitative estimate of drug-likeness (QED) is 0.666. The van der Waals surface area contributed by atoms with Gasteiger partial charge in [0.15, 0.2) is 5.78 Å². The van der Waals surface area contributed by atoms with Crippen LogP contribution >= 0.6 is 0 Å². The average molecular weight is 252 g/mol. The number of carbonyl (C=O) groups is 2. The molecule has 2 N–H and O–H groups in total. The highest BCUT2D eigenvalue weighted by Crippen LogP contribution is 2.07. The Morgan fingerprint density at radius 1 is 1.61 bits per heavy atom. The lowest BCUT2D eigenvalue weighted by atomic mass is 10.1. The maximum Gasteiger partial charge on any atom is 0.322 e. The molecule has 0 amide bonds. The number of carboxylic acids is 1. The van der Waals surface area contributed by atoms with Crippen molar-refractivity contribution in [3.63, 3.8) is 0 Å². The second kappa shape index (κ2) is 5.28. The van der Waals surface area contributed by atoms with Crippen LogP contribution in [0.5, 0.6) is 0 Å². The van der Waals surface area contributed by atoms with Crippen LogP contribution in [0.15, 0.2) is 12.4 Å². The van der Waals surface area contributed by atoms with Crippen LogP contribution in [0, 0.1) is 0 Å². The maximum atomic E-state index is 12.0. The smallest absolute Gasteiger partial charge is 0.322 e. The van der Waals surface area contributed by atoms with Gasteiger partial charge in [-0.05, 0) is 0 Å². The number of hydrogen-bond acceptors (Lipinski definition) is 5. The third kappa shape index (κ3) is 2.74. The van der Waals surface area contributed by atoms with Gasteiger partial charge < -0.3 is 10.4 Å². The summed E-state index contributed by atoms with van der Waals surface area (Å²) in [5.74, 6) is -1.00. The van der Waals surface area contributed by atoms with E-state index in [0.717, 1.165) is 0 Å². The largest absolute Gasteiger partial charge is 0.480 e. The van der Waals surface area contributed by atoms with Gasteiger partial charge in [-0.1, -0.05) is 0 Å². The van der Waals surface area contributed by atoms with E-state index in [9.17, 15) is 9.59 Å². The Morgan fingerprint density at radius 2 is 2.39 bits per heavy atom. The molecule has 7 nitrogen and oxygen atoms in total. The van der Waals surface area contributed by atoms with Crippen molar-refractivity contribution in [1.29, 1.82) is 0 Å². The summed E-state index contributed by atoms with van der Waals surface area (Å²) in [6.45, 7) is 1.74. The van der Waals surface area contributed by atoms with Crippen molar-refractivity contribution in [2.45, 2.75) is 6.04 Å². The number of hydrogen-bond donors (Lipinski definition) is 2. The van der Waals surface area contributed by atoms with E-state index in [1.165, 1.54) is 6.20 Å². The van der Waals surface area contributed by atoms with E-state index in [-0.39, 0.29) is 12.3 Å². The second-order valence-corrected chi connectivity index (χ2v) is 4.35. The molecule has 0 aromatic carbocycles. The molecule has 1 aromatic rings. The van der Waals surface area contributed by atoms with Crippen molar-refractivity contribution in [3.05, 3.63) is 18.0 Å². The maximum absolute atomic E-state index is 12.0. The first-order valence-corrected chi connectivity index (χ1v) is 5.77. The lowest BCUT2D eigenvalue weighted by Crippen LogP contribution is -2.56. The number of nitrogens with one attached hydrogen (secondary N) is 1. The lowest BCUT2D eigenvalue weighted by Gasteiger charge is -2.32. The fraction of sp³-hybridized carbons (Fsp3) is 0.545. The molecule has 7 heteroatoms. The SMILES string of the molecule is Cn1cc(C(=O)CN2CCNCC2C(=O)O)cn1. The molecule has 0 saturated carbocycles. The number of piperazine rings is 1. The zero-order valence-corrected chi connectivity index (χ0v) is 10.2. The molecule has 1 fully saturated rings. The highest BCUT2D eigenvalue weighted by Gasteiger charge is 2.29. The molecule has 2 heterocycles. The molecule has 1 aromatic heterocycles. The topological polar surface area (TPSA) is 87.5 Å². The highest BCUT2D eigenvalue weighted by atomic mass is 16.4. The van der Waals surface area contributed by atoms with Gasteiger partial charge in [-0.2, -0.15) is 5.10 Å². The summed E-state index contributed by atoms with van der Waals surface area (Å²) in [6, 6.07) is -0.639. The van der Waals surface area contributed by atoms with Gasteiger partial charge in [-0.25, -0.2) is 0 Å². The van der Waals surface area contributed by atoms with Crippen LogP contribution in [-0.2, 0) is 11.8 Å². The zero-order valence-electron chi connectivity index (χ0n) is 10.2. The molecule has 1 unspecified atom stereocenters. The molecule has 2 rings (SSSR count). The van der Waals surface area contributed by atoms with E-state index in [1.54, 1.807) is 22.8 Å². The van der Waals surface area contributed by atoms with Gasteiger partial charge in [0, 0.05) is 32.9 Å². The minimum Gasteiger partial charge on any atom is -0.480 e. The molecule has 1 aliphatic rings. The number of aromatic nitrogens is 2. The van der Waals surface area contributed by atoms with Crippen LogP contribution in [0.1, 0.15) is 10.4 Å². The van der Waals surface area contributed by atoms with Crippen LogP contribution in [0.2, 0.25) is 0 Å². The van der Waals surface area contributed by atoms with Gasteiger partial charge in [0.25, 0.3) is 0 Å². The van der Waals surface area contributed by atoms with Gasteiger partial charge in [-0.15, -0.1) is 0 Å². The summed E-state index contributed by atoms with van der Waals surface area (Å²) in [5, 5.41) is 16.0. The summed E-state index contributed by atoms with van der Waals surface area (Å²) >= 11 is 0. The van der Waals surface area contributed by atoms with Crippen molar-refractivity contribution in [3.8, 4) is 0 Å². The Bertz CT molecular complexity index is 457. The normalized spacial score (nSPS) is 20.8. The van der Waals surface area contributed by atoms with Crippen molar-refractivity contribution in [2.24, 2.45) is 7.05 Å². The molecule has 1 aliphatic heterocycles. The van der Waals surface area contributed by atoms with Gasteiger partial charge in [0.1, 0.15) is 6.04 Å². The number of Topliss-reactive ketones (excluding diaryl/α,β-unsaturated/α-hetero) is 1. The molecule has 0 spiro atoms. The Balaban J connectivity index is 2.03. The van der Waals surface area contributed by atoms with Gasteiger partial charge in [0.05, 0.1) is 18.3 Å². The molecule has 0 bridgehead atoms. The van der Waals surface area contributed by atoms with E-state index >= 15 is 0 Å². The third-order valence-corrected chi connectivity index (χ3v) is 3.01. The third-order valence-electron chi connectivity index (χ3n) is 3.01. The Hall–Kier alpha value is -1.73. The Kier molecular flexibility index (Phi) is 3.73. The van der Waals surface area contributed by atoms with Gasteiger partial charge in [-0.3, -0.25) is 19.2 Å². The number of aliphatic carboxylic acids is 1. The summed E-state index contributed by atoms with van der Waals surface area (Å²) in [4.78, 5) is 24.8. The van der Waals surface area contributed by atoms with Crippen LogP contribution in [0.4, 0.5) is 0 Å². The van der Waals surface area contributed by atoms with E-state index < -0.39 is 12.0 Å². The fourth-order valence-corrected chi connectivity index (χ4v) is 2.02. The number of rotatable bonds is 4. The first-order chi connectivity index (χ1) is 8.58. The van der Waals surface area contributed by atoms with Crippen molar-refractivity contribution >= 4 is 11.8 Å². The second-order valence-electron chi connectivity index (χ2n) is 4.35. The number of carbonyl (C=O) groups excluding carboxylic acids is 1. The lowest BCUT2D eigenvalue weighted by molar-refractivity contribution is -0.143. The number of nitrogens with zero attached hydrogens (tertiary/aromatic N) is 3. The summed E-state index contributed by atoms with van der Waals surface area (Å²) in [6.07, 6.45) is 3.14. The number of aryl methyl sites for hydroxylation is 1. The average Bonchev–Trinajstić information content (AvgIpc) is 2.76. The highest BCUT2D eigenvalue weighted by molar-refractivity contribution is 5.97. The molecule has 18 heavy (non-hydrogen) atoms. The summed E-state index contributed by atoms with van der Waals surface area (Å²) < 4.78 is 1.56. The van der Waals surface area contributed by atoms with Crippen molar-refractivity contribution in [1.82, 2.24) is 20.0 Å². The Labute approximate surface area is 104 Å². The first kappa shape index (κ1) is 12.7. The molecule has 1 saturated heterocycles. The predicted molar refractivity (Wildman–Crippen MR) is 63.4 cm³/mol. The molecule has 1 atom stereocenters. The zero-order chi connectivity index (χ0) is 13.1. The van der Waals surface area contributed by atoms with Crippen molar-refractivity contribution in [2.75, 3.05) is 26.2 Å². The molecular weight excluding hydrogens is 236 g/mol. The monoisotopic (exact) mass is 252 g/mol. The molecule has 0 radical (unpaired) electrons. The summed E-state index contributed by atoms with van der Waals surface area (Å²) in [5.41, 5.74) is 0.514. The van der Waals surface area contributed by atoms with E-state index in [1.807, 2.05) is 0 Å². The molecule has 98 valence electrons. The van der Waals surface area contributed by atoms with Crippen molar-refractivity contribution < 1.29 is 14.7 Å². The van der Waals surface area contributed by atoms with Gasteiger partial charge in [0.2, 0.25) is 0 Å². The van der Waals surface area contributed by atoms with Crippen LogP contribution < -0.4 is 5.32 Å². The minimum atomic E-state index is -0.902. The Morgan fingerprint density at radius 3 is 3.00 bits per heavy atom. The van der Waals surface area contributed by atoms with Crippen LogP contribution in [-0.4, -0.2) is 63.8 Å². The van der Waals surface area contributed by atoms with E-state index in [4.69, 9.17) is 5.11 Å². The summed E-state index contributed by atoms with van der Waals surface area (Å²) in [7, 11) is 1.74. The van der Waals surface area contributed by atoms with E-state index in [2.05, 4.69) is 10.4 Å². The van der Waals surface area contributed by atoms with Crippen LogP contribution in [0.3, 0.4) is 0 Å². The first-order valence-electron chi connectivity index (χ1n) is 5.77. The standard InChI is InChI=1S/C11H16N4O3/c1-14-6-8(4-13-14)10(16)7-15-3-2-12-5-9(15)11(17)18/h4,6,9,12H,2-3,5,7H2,1H3,(H,17,18). The predicted octanol–water partition coefficient (Wildman–Crippen LogP) is -1.04.